The van der Waals surface area contributed by atoms with Crippen molar-refractivity contribution in [3.8, 4) is 0 Å². The fourth-order valence-corrected chi connectivity index (χ4v) is 1.73. The lowest BCUT2D eigenvalue weighted by atomic mass is 10.1. The Kier molecular flexibility index (Phi) is 5.53. The number of rotatable bonds is 7. The molecule has 94 valence electrons. The van der Waals surface area contributed by atoms with Gasteiger partial charge in [-0.1, -0.05) is 25.5 Å². The monoisotopic (exact) mass is 235 g/mol. The van der Waals surface area contributed by atoms with E-state index in [0.29, 0.717) is 6.42 Å². The van der Waals surface area contributed by atoms with Gasteiger partial charge >= 0.3 is 5.97 Å². The lowest BCUT2D eigenvalue weighted by Crippen LogP contribution is -2.18. The Balaban J connectivity index is 2.61. The van der Waals surface area contributed by atoms with Crippen LogP contribution in [-0.4, -0.2) is 24.7 Å². The Bertz CT molecular complexity index is 363. The van der Waals surface area contributed by atoms with Crippen molar-refractivity contribution in [2.75, 3.05) is 18.5 Å². The average molecular weight is 235 g/mol. The summed E-state index contributed by atoms with van der Waals surface area (Å²) in [5.41, 5.74) is 2.26. The Hall–Kier alpha value is -1.51. The summed E-state index contributed by atoms with van der Waals surface area (Å²) in [5.74, 6) is -0.741. The topological polar surface area (TPSA) is 40.5 Å². The van der Waals surface area contributed by atoms with Crippen LogP contribution in [0.5, 0.6) is 0 Å². The molecule has 0 unspecified atom stereocenters. The minimum Gasteiger partial charge on any atom is -0.481 e. The maximum Gasteiger partial charge on any atom is 0.303 e. The number of carboxylic acid groups (broad SMARTS) is 1. The molecule has 0 spiro atoms. The maximum atomic E-state index is 10.5. The first-order valence-corrected chi connectivity index (χ1v) is 6.15. The van der Waals surface area contributed by atoms with Crippen molar-refractivity contribution in [3.05, 3.63) is 29.8 Å². The van der Waals surface area contributed by atoms with Crippen LogP contribution in [0.4, 0.5) is 5.69 Å². The number of unbranched alkanes of at least 4 members (excludes halogenated alkanes) is 1. The molecule has 3 nitrogen and oxygen atoms in total. The molecule has 0 aliphatic rings. The number of nitrogens with zero attached hydrogens (tertiary/aromatic N) is 1. The van der Waals surface area contributed by atoms with Gasteiger partial charge < -0.3 is 10.0 Å². The van der Waals surface area contributed by atoms with Crippen molar-refractivity contribution in [3.63, 3.8) is 0 Å². The van der Waals surface area contributed by atoms with E-state index in [9.17, 15) is 4.79 Å². The van der Waals surface area contributed by atoms with Gasteiger partial charge in [-0.05, 0) is 30.5 Å². The number of aliphatic carboxylic acids is 1. The zero-order chi connectivity index (χ0) is 12.7. The number of anilines is 1. The first-order chi connectivity index (χ1) is 8.13. The minimum absolute atomic E-state index is 0.197. The van der Waals surface area contributed by atoms with Gasteiger partial charge in [-0.3, -0.25) is 4.79 Å². The molecule has 0 saturated carbocycles. The average Bonchev–Trinajstić information content (AvgIpc) is 2.33. The highest BCUT2D eigenvalue weighted by Gasteiger charge is 2.03. The number of hydrogen-bond donors (Lipinski definition) is 1. The first kappa shape index (κ1) is 13.6. The quantitative estimate of drug-likeness (QED) is 0.790. The van der Waals surface area contributed by atoms with Crippen molar-refractivity contribution in [1.29, 1.82) is 0 Å². The van der Waals surface area contributed by atoms with Gasteiger partial charge in [0, 0.05) is 25.7 Å². The van der Waals surface area contributed by atoms with Gasteiger partial charge in [0.25, 0.3) is 0 Å². The van der Waals surface area contributed by atoms with Crippen LogP contribution in [0.3, 0.4) is 0 Å². The van der Waals surface area contributed by atoms with Crippen LogP contribution >= 0.6 is 0 Å². The lowest BCUT2D eigenvalue weighted by Gasteiger charge is -2.19. The van der Waals surface area contributed by atoms with Crippen LogP contribution < -0.4 is 4.90 Å². The van der Waals surface area contributed by atoms with Crippen LogP contribution in [0.15, 0.2) is 24.3 Å². The molecule has 3 heteroatoms. The summed E-state index contributed by atoms with van der Waals surface area (Å²) in [4.78, 5) is 12.7. The van der Waals surface area contributed by atoms with E-state index in [4.69, 9.17) is 5.11 Å². The largest absolute Gasteiger partial charge is 0.481 e. The highest BCUT2D eigenvalue weighted by molar-refractivity contribution is 5.67. The third-order valence-corrected chi connectivity index (χ3v) is 2.83. The van der Waals surface area contributed by atoms with E-state index in [1.165, 1.54) is 18.5 Å². The molecule has 0 saturated heterocycles. The van der Waals surface area contributed by atoms with E-state index in [1.807, 2.05) is 12.1 Å². The molecule has 0 fully saturated rings. The second-order valence-corrected chi connectivity index (χ2v) is 4.34. The van der Waals surface area contributed by atoms with Crippen molar-refractivity contribution < 1.29 is 9.90 Å². The molecule has 0 atom stereocenters. The molecular formula is C14H21NO2. The van der Waals surface area contributed by atoms with Crippen LogP contribution in [0.1, 0.15) is 31.7 Å². The van der Waals surface area contributed by atoms with Crippen molar-refractivity contribution in [2.45, 2.75) is 32.6 Å². The van der Waals surface area contributed by atoms with Gasteiger partial charge in [0.2, 0.25) is 0 Å². The van der Waals surface area contributed by atoms with Gasteiger partial charge in [0.05, 0.1) is 0 Å². The van der Waals surface area contributed by atoms with Crippen molar-refractivity contribution in [2.24, 2.45) is 0 Å². The number of aryl methyl sites for hydroxylation is 1. The highest BCUT2D eigenvalue weighted by Crippen LogP contribution is 2.16. The summed E-state index contributed by atoms with van der Waals surface area (Å²) < 4.78 is 0. The van der Waals surface area contributed by atoms with Crippen molar-refractivity contribution in [1.82, 2.24) is 0 Å². The lowest BCUT2D eigenvalue weighted by molar-refractivity contribution is -0.136. The third kappa shape index (κ3) is 4.89. The molecule has 0 aliphatic heterocycles. The molecule has 0 bridgehead atoms. The molecule has 0 heterocycles. The van der Waals surface area contributed by atoms with Crippen LogP contribution in [0, 0.1) is 0 Å². The van der Waals surface area contributed by atoms with E-state index in [0.717, 1.165) is 12.1 Å². The fourth-order valence-electron chi connectivity index (χ4n) is 1.73. The molecule has 0 amide bonds. The SMILES string of the molecule is CCCCN(C)c1cccc(CCC(=O)O)c1. The summed E-state index contributed by atoms with van der Waals surface area (Å²) in [6.07, 6.45) is 3.16. The molecule has 17 heavy (non-hydrogen) atoms. The molecule has 0 radical (unpaired) electrons. The van der Waals surface area contributed by atoms with Crippen LogP contribution in [0.25, 0.3) is 0 Å². The summed E-state index contributed by atoms with van der Waals surface area (Å²) in [6.45, 7) is 3.22. The number of carboxylic acids is 1. The Labute approximate surface area is 103 Å². The zero-order valence-electron chi connectivity index (χ0n) is 10.6. The van der Waals surface area contributed by atoms with Crippen LogP contribution in [0.2, 0.25) is 0 Å². The maximum absolute atomic E-state index is 10.5. The molecule has 0 aliphatic carbocycles. The Morgan fingerprint density at radius 2 is 2.18 bits per heavy atom. The first-order valence-electron chi connectivity index (χ1n) is 6.15. The summed E-state index contributed by atoms with van der Waals surface area (Å²) >= 11 is 0. The summed E-state index contributed by atoms with van der Waals surface area (Å²) in [6, 6.07) is 8.13. The Morgan fingerprint density at radius 3 is 2.82 bits per heavy atom. The molecule has 1 N–H and O–H groups in total. The van der Waals surface area contributed by atoms with Crippen LogP contribution in [-0.2, 0) is 11.2 Å². The van der Waals surface area contributed by atoms with E-state index in [1.54, 1.807) is 0 Å². The van der Waals surface area contributed by atoms with Crippen molar-refractivity contribution >= 4 is 11.7 Å². The fraction of sp³-hybridized carbons (Fsp3) is 0.500. The third-order valence-electron chi connectivity index (χ3n) is 2.83. The minimum atomic E-state index is -0.741. The van der Waals surface area contributed by atoms with E-state index >= 15 is 0 Å². The van der Waals surface area contributed by atoms with Gasteiger partial charge in [0.1, 0.15) is 0 Å². The Morgan fingerprint density at radius 1 is 1.41 bits per heavy atom. The standard InChI is InChI=1S/C14H21NO2/c1-3-4-10-15(2)13-7-5-6-12(11-13)8-9-14(16)17/h5-7,11H,3-4,8-10H2,1-2H3,(H,16,17). The van der Waals surface area contributed by atoms with Gasteiger partial charge in [0.15, 0.2) is 0 Å². The van der Waals surface area contributed by atoms with Gasteiger partial charge in [-0.15, -0.1) is 0 Å². The zero-order valence-corrected chi connectivity index (χ0v) is 10.6. The van der Waals surface area contributed by atoms with E-state index in [2.05, 4.69) is 31.0 Å². The molecule has 1 rings (SSSR count). The predicted molar refractivity (Wildman–Crippen MR) is 70.6 cm³/mol. The number of carbonyl (C=O) groups is 1. The molecule has 1 aromatic carbocycles. The van der Waals surface area contributed by atoms with Gasteiger partial charge in [-0.25, -0.2) is 0 Å². The molecule has 1 aromatic rings. The molecular weight excluding hydrogens is 214 g/mol. The van der Waals surface area contributed by atoms with E-state index in [-0.39, 0.29) is 6.42 Å². The number of hydrogen-bond acceptors (Lipinski definition) is 2. The molecule has 0 aromatic heterocycles. The van der Waals surface area contributed by atoms with E-state index < -0.39 is 5.97 Å². The summed E-state index contributed by atoms with van der Waals surface area (Å²) in [5, 5.41) is 8.66. The van der Waals surface area contributed by atoms with Gasteiger partial charge in [-0.2, -0.15) is 0 Å². The smallest absolute Gasteiger partial charge is 0.303 e. The number of benzene rings is 1. The second kappa shape index (κ2) is 6.94. The summed E-state index contributed by atoms with van der Waals surface area (Å²) in [7, 11) is 2.08. The second-order valence-electron chi connectivity index (χ2n) is 4.34. The highest BCUT2D eigenvalue weighted by atomic mass is 16.4. The normalized spacial score (nSPS) is 10.2. The predicted octanol–water partition coefficient (Wildman–Crippen LogP) is 2.94.